The number of carbonyl (C=O) groups is 2. The van der Waals surface area contributed by atoms with Gasteiger partial charge in [-0.3, -0.25) is 4.79 Å². The van der Waals surface area contributed by atoms with E-state index in [0.29, 0.717) is 32.0 Å². The fourth-order valence-corrected chi connectivity index (χ4v) is 2.78. The Hall–Kier alpha value is -1.30. The normalized spacial score (nSPS) is 31.2. The third kappa shape index (κ3) is 3.59. The number of rotatable bonds is 3. The van der Waals surface area contributed by atoms with E-state index < -0.39 is 5.97 Å². The van der Waals surface area contributed by atoms with Gasteiger partial charge < -0.3 is 20.1 Å². The van der Waals surface area contributed by atoms with Gasteiger partial charge in [-0.1, -0.05) is 6.92 Å². The van der Waals surface area contributed by atoms with E-state index in [9.17, 15) is 9.59 Å². The average molecular weight is 270 g/mol. The van der Waals surface area contributed by atoms with Crippen LogP contribution in [0.3, 0.4) is 0 Å². The molecule has 0 bridgehead atoms. The SMILES string of the molecule is CC1CN(C(=O)NCC2CCOC2)CCC1C(=O)O. The van der Waals surface area contributed by atoms with Crippen molar-refractivity contribution in [1.82, 2.24) is 10.2 Å². The van der Waals surface area contributed by atoms with Gasteiger partial charge in [-0.15, -0.1) is 0 Å². The number of nitrogens with zero attached hydrogens (tertiary/aromatic N) is 1. The number of carboxylic acids is 1. The summed E-state index contributed by atoms with van der Waals surface area (Å²) in [6, 6.07) is -0.0809. The van der Waals surface area contributed by atoms with Crippen LogP contribution in [-0.4, -0.2) is 54.9 Å². The Morgan fingerprint density at radius 2 is 2.21 bits per heavy atom. The van der Waals surface area contributed by atoms with Crippen LogP contribution in [-0.2, 0) is 9.53 Å². The molecule has 0 aromatic carbocycles. The first-order valence-corrected chi connectivity index (χ1v) is 6.91. The van der Waals surface area contributed by atoms with Crippen LogP contribution in [0.1, 0.15) is 19.8 Å². The van der Waals surface area contributed by atoms with Gasteiger partial charge >= 0.3 is 12.0 Å². The molecule has 108 valence electrons. The number of carbonyl (C=O) groups excluding carboxylic acids is 1. The molecule has 2 rings (SSSR count). The van der Waals surface area contributed by atoms with Gasteiger partial charge in [-0.25, -0.2) is 4.79 Å². The van der Waals surface area contributed by atoms with Gasteiger partial charge in [-0.05, 0) is 18.8 Å². The molecule has 0 aliphatic carbocycles. The van der Waals surface area contributed by atoms with Gasteiger partial charge in [0.25, 0.3) is 0 Å². The maximum atomic E-state index is 12.0. The van der Waals surface area contributed by atoms with E-state index in [2.05, 4.69) is 5.32 Å². The van der Waals surface area contributed by atoms with Crippen LogP contribution < -0.4 is 5.32 Å². The van der Waals surface area contributed by atoms with Crippen molar-refractivity contribution in [2.24, 2.45) is 17.8 Å². The minimum atomic E-state index is -0.754. The second-order valence-electron chi connectivity index (χ2n) is 5.57. The summed E-state index contributed by atoms with van der Waals surface area (Å²) in [6.45, 7) is 5.08. The number of piperidine rings is 1. The maximum absolute atomic E-state index is 12.0. The van der Waals surface area contributed by atoms with Crippen LogP contribution in [0, 0.1) is 17.8 Å². The highest BCUT2D eigenvalue weighted by Crippen LogP contribution is 2.23. The van der Waals surface area contributed by atoms with Crippen molar-refractivity contribution in [2.75, 3.05) is 32.8 Å². The van der Waals surface area contributed by atoms with Gasteiger partial charge in [0.05, 0.1) is 12.5 Å². The van der Waals surface area contributed by atoms with Crippen molar-refractivity contribution in [1.29, 1.82) is 0 Å². The van der Waals surface area contributed by atoms with Crippen LogP contribution in [0.4, 0.5) is 4.79 Å². The molecule has 2 saturated heterocycles. The van der Waals surface area contributed by atoms with Gasteiger partial charge in [0.2, 0.25) is 0 Å². The Morgan fingerprint density at radius 3 is 2.79 bits per heavy atom. The van der Waals surface area contributed by atoms with Crippen LogP contribution in [0.5, 0.6) is 0 Å². The van der Waals surface area contributed by atoms with E-state index in [4.69, 9.17) is 9.84 Å². The molecule has 2 aliphatic heterocycles. The molecule has 0 spiro atoms. The third-order valence-electron chi connectivity index (χ3n) is 4.08. The predicted molar refractivity (Wildman–Crippen MR) is 68.8 cm³/mol. The fourth-order valence-electron chi connectivity index (χ4n) is 2.78. The number of carboxylic acid groups (broad SMARTS) is 1. The maximum Gasteiger partial charge on any atom is 0.317 e. The van der Waals surface area contributed by atoms with Crippen molar-refractivity contribution >= 4 is 12.0 Å². The highest BCUT2D eigenvalue weighted by atomic mass is 16.5. The smallest absolute Gasteiger partial charge is 0.317 e. The average Bonchev–Trinajstić information content (AvgIpc) is 2.88. The van der Waals surface area contributed by atoms with Crippen molar-refractivity contribution in [2.45, 2.75) is 19.8 Å². The first kappa shape index (κ1) is 14.1. The van der Waals surface area contributed by atoms with Gasteiger partial charge in [0, 0.05) is 32.2 Å². The van der Waals surface area contributed by atoms with Gasteiger partial charge in [0.15, 0.2) is 0 Å². The number of aliphatic carboxylic acids is 1. The summed E-state index contributed by atoms with van der Waals surface area (Å²) < 4.78 is 5.26. The Kier molecular flexibility index (Phi) is 4.63. The summed E-state index contributed by atoms with van der Waals surface area (Å²) in [4.78, 5) is 24.7. The molecular weight excluding hydrogens is 248 g/mol. The summed E-state index contributed by atoms with van der Waals surface area (Å²) in [5.41, 5.74) is 0. The van der Waals surface area contributed by atoms with Crippen molar-refractivity contribution in [3.63, 3.8) is 0 Å². The van der Waals surface area contributed by atoms with E-state index in [-0.39, 0.29) is 17.9 Å². The zero-order valence-corrected chi connectivity index (χ0v) is 11.3. The summed E-state index contributed by atoms with van der Waals surface area (Å²) >= 11 is 0. The monoisotopic (exact) mass is 270 g/mol. The first-order valence-electron chi connectivity index (χ1n) is 6.91. The molecule has 2 aliphatic rings. The van der Waals surface area contributed by atoms with Crippen LogP contribution in [0.15, 0.2) is 0 Å². The zero-order chi connectivity index (χ0) is 13.8. The van der Waals surface area contributed by atoms with E-state index in [0.717, 1.165) is 19.6 Å². The topological polar surface area (TPSA) is 78.9 Å². The molecule has 2 amide bonds. The molecule has 3 unspecified atom stereocenters. The van der Waals surface area contributed by atoms with Crippen LogP contribution >= 0.6 is 0 Å². The standard InChI is InChI=1S/C13H22N2O4/c1-9-7-15(4-2-11(9)12(16)17)13(18)14-6-10-3-5-19-8-10/h9-11H,2-8H2,1H3,(H,14,18)(H,16,17). The Morgan fingerprint density at radius 1 is 1.42 bits per heavy atom. The number of hydrogen-bond donors (Lipinski definition) is 2. The lowest BCUT2D eigenvalue weighted by atomic mass is 9.87. The first-order chi connectivity index (χ1) is 9.08. The lowest BCUT2D eigenvalue weighted by molar-refractivity contribution is -0.145. The molecule has 0 saturated carbocycles. The van der Waals surface area contributed by atoms with Gasteiger partial charge in [-0.2, -0.15) is 0 Å². The minimum absolute atomic E-state index is 0.00631. The third-order valence-corrected chi connectivity index (χ3v) is 4.08. The molecule has 2 heterocycles. The summed E-state index contributed by atoms with van der Waals surface area (Å²) in [5.74, 6) is -0.660. The van der Waals surface area contributed by atoms with Crippen molar-refractivity contribution < 1.29 is 19.4 Å². The number of urea groups is 1. The second-order valence-corrected chi connectivity index (χ2v) is 5.57. The van der Waals surface area contributed by atoms with E-state index in [1.54, 1.807) is 4.90 Å². The number of ether oxygens (including phenoxy) is 1. The van der Waals surface area contributed by atoms with E-state index in [1.165, 1.54) is 0 Å². The van der Waals surface area contributed by atoms with Crippen molar-refractivity contribution in [3.8, 4) is 0 Å². The molecule has 0 radical (unpaired) electrons. The molecule has 6 nitrogen and oxygen atoms in total. The molecule has 3 atom stereocenters. The molecule has 19 heavy (non-hydrogen) atoms. The second kappa shape index (κ2) is 6.23. The molecular formula is C13H22N2O4. The molecule has 2 N–H and O–H groups in total. The Balaban J connectivity index is 1.76. The number of amides is 2. The van der Waals surface area contributed by atoms with Gasteiger partial charge in [0.1, 0.15) is 0 Å². The van der Waals surface area contributed by atoms with Crippen LogP contribution in [0.2, 0.25) is 0 Å². The Labute approximate surface area is 113 Å². The Bertz CT molecular complexity index is 342. The summed E-state index contributed by atoms with van der Waals surface area (Å²) in [6.07, 6.45) is 1.54. The molecule has 2 fully saturated rings. The summed E-state index contributed by atoms with van der Waals surface area (Å²) in [5, 5.41) is 12.0. The molecule has 6 heteroatoms. The number of nitrogens with one attached hydrogen (secondary N) is 1. The number of likely N-dealkylation sites (tertiary alicyclic amines) is 1. The molecule has 0 aromatic rings. The number of hydrogen-bond acceptors (Lipinski definition) is 3. The fraction of sp³-hybridized carbons (Fsp3) is 0.846. The van der Waals surface area contributed by atoms with Crippen LogP contribution in [0.25, 0.3) is 0 Å². The zero-order valence-electron chi connectivity index (χ0n) is 11.3. The highest BCUT2D eigenvalue weighted by Gasteiger charge is 2.33. The predicted octanol–water partition coefficient (Wildman–Crippen LogP) is 0.775. The largest absolute Gasteiger partial charge is 0.481 e. The summed E-state index contributed by atoms with van der Waals surface area (Å²) in [7, 11) is 0. The minimum Gasteiger partial charge on any atom is -0.481 e. The van der Waals surface area contributed by atoms with E-state index >= 15 is 0 Å². The van der Waals surface area contributed by atoms with Crippen molar-refractivity contribution in [3.05, 3.63) is 0 Å². The molecule has 0 aromatic heterocycles. The highest BCUT2D eigenvalue weighted by molar-refractivity contribution is 5.75. The quantitative estimate of drug-likeness (QED) is 0.794. The lowest BCUT2D eigenvalue weighted by Crippen LogP contribution is -2.49. The lowest BCUT2D eigenvalue weighted by Gasteiger charge is -2.35. The van der Waals surface area contributed by atoms with E-state index in [1.807, 2.05) is 6.92 Å².